The summed E-state index contributed by atoms with van der Waals surface area (Å²) in [6, 6.07) is 0. The zero-order valence-corrected chi connectivity index (χ0v) is 17.8. The number of carbonyl (C=O) groups is 2. The Balaban J connectivity index is 1.45. The number of allylic oxidation sites excluding steroid dienone is 1. The van der Waals surface area contributed by atoms with Crippen molar-refractivity contribution < 1.29 is 14.3 Å². The Labute approximate surface area is 168 Å². The van der Waals surface area contributed by atoms with Crippen LogP contribution >= 0.6 is 0 Å². The van der Waals surface area contributed by atoms with Crippen molar-refractivity contribution in [3.63, 3.8) is 0 Å². The number of ether oxygens (including phenoxy) is 1. The molecule has 1 heterocycles. The van der Waals surface area contributed by atoms with E-state index >= 15 is 0 Å². The second kappa shape index (κ2) is 5.13. The fraction of sp³-hybridized carbons (Fsp3) is 0.840. The Hall–Kier alpha value is -1.12. The van der Waals surface area contributed by atoms with Crippen molar-refractivity contribution in [1.82, 2.24) is 0 Å². The Kier molecular flexibility index (Phi) is 3.25. The molecule has 5 fully saturated rings. The highest BCUT2D eigenvalue weighted by molar-refractivity contribution is 5.92. The lowest BCUT2D eigenvalue weighted by molar-refractivity contribution is -0.174. The van der Waals surface area contributed by atoms with Gasteiger partial charge in [-0.25, -0.2) is 0 Å². The van der Waals surface area contributed by atoms with E-state index < -0.39 is 0 Å². The Morgan fingerprint density at radius 2 is 1.86 bits per heavy atom. The van der Waals surface area contributed by atoms with Gasteiger partial charge in [0, 0.05) is 18.3 Å². The molecule has 1 saturated heterocycles. The molecule has 6 aliphatic rings. The minimum absolute atomic E-state index is 0.0268. The van der Waals surface area contributed by atoms with Crippen LogP contribution in [0, 0.1) is 52.3 Å². The highest BCUT2D eigenvalue weighted by Crippen LogP contribution is 2.77. The van der Waals surface area contributed by atoms with E-state index in [9.17, 15) is 9.59 Å². The standard InChI is InChI=1S/C25H34O3/c1-13-14(2)25(10-7-20(27)28-25)24(4)9-6-18-21(22(13)24)17-12-16(17)19-11-15(26)5-8-23(18,19)3/h11,13-14,16-18,21-22H,5-10,12H2,1-4H3/t13-,14+,16-,17?,18?,21?,22?,23-,24+,25+/m1/s1. The third kappa shape index (κ3) is 1.80. The summed E-state index contributed by atoms with van der Waals surface area (Å²) in [6.07, 6.45) is 9.07. The molecule has 0 N–H and O–H groups in total. The molecule has 0 aromatic heterocycles. The molecule has 0 aromatic carbocycles. The van der Waals surface area contributed by atoms with E-state index in [1.165, 1.54) is 24.8 Å². The number of hydrogen-bond acceptors (Lipinski definition) is 3. The van der Waals surface area contributed by atoms with Crippen molar-refractivity contribution in [3.05, 3.63) is 11.6 Å². The van der Waals surface area contributed by atoms with Gasteiger partial charge in [0.1, 0.15) is 5.60 Å². The van der Waals surface area contributed by atoms with E-state index in [0.717, 1.165) is 31.1 Å². The molecule has 6 rings (SSSR count). The average molecular weight is 383 g/mol. The Bertz CT molecular complexity index is 813. The molecule has 4 unspecified atom stereocenters. The highest BCUT2D eigenvalue weighted by Gasteiger charge is 2.75. The molecule has 3 nitrogen and oxygen atoms in total. The maximum atomic E-state index is 12.2. The molecule has 0 aromatic rings. The van der Waals surface area contributed by atoms with Crippen LogP contribution in [0.4, 0.5) is 0 Å². The molecule has 152 valence electrons. The third-order valence-corrected chi connectivity index (χ3v) is 11.1. The summed E-state index contributed by atoms with van der Waals surface area (Å²) >= 11 is 0. The molecular weight excluding hydrogens is 348 g/mol. The van der Waals surface area contributed by atoms with E-state index in [1.807, 2.05) is 0 Å². The average Bonchev–Trinajstić information content (AvgIpc) is 3.32. The number of carbonyl (C=O) groups excluding carboxylic acids is 2. The molecule has 4 saturated carbocycles. The molecule has 0 amide bonds. The van der Waals surface area contributed by atoms with Gasteiger partial charge in [0.2, 0.25) is 0 Å². The van der Waals surface area contributed by atoms with Gasteiger partial charge in [-0.05, 0) is 85.0 Å². The van der Waals surface area contributed by atoms with Crippen LogP contribution in [-0.2, 0) is 14.3 Å². The van der Waals surface area contributed by atoms with Crippen molar-refractivity contribution in [2.24, 2.45) is 52.3 Å². The van der Waals surface area contributed by atoms with E-state index in [1.54, 1.807) is 0 Å². The first-order valence-electron chi connectivity index (χ1n) is 11.7. The molecule has 10 atom stereocenters. The maximum Gasteiger partial charge on any atom is 0.306 e. The quantitative estimate of drug-likeness (QED) is 0.557. The van der Waals surface area contributed by atoms with Gasteiger partial charge in [-0.2, -0.15) is 0 Å². The monoisotopic (exact) mass is 382 g/mol. The van der Waals surface area contributed by atoms with Gasteiger partial charge in [0.05, 0.1) is 0 Å². The minimum atomic E-state index is -0.233. The third-order valence-electron chi connectivity index (χ3n) is 11.1. The first-order chi connectivity index (χ1) is 13.2. The summed E-state index contributed by atoms with van der Waals surface area (Å²) in [6.45, 7) is 9.77. The largest absolute Gasteiger partial charge is 0.458 e. The van der Waals surface area contributed by atoms with E-state index in [0.29, 0.717) is 41.8 Å². The van der Waals surface area contributed by atoms with Crippen molar-refractivity contribution in [2.45, 2.75) is 78.2 Å². The van der Waals surface area contributed by atoms with Crippen molar-refractivity contribution in [3.8, 4) is 0 Å². The topological polar surface area (TPSA) is 43.4 Å². The number of fused-ring (bicyclic) bond motifs is 9. The number of rotatable bonds is 0. The van der Waals surface area contributed by atoms with Crippen LogP contribution in [0.15, 0.2) is 11.6 Å². The Morgan fingerprint density at radius 1 is 1.07 bits per heavy atom. The van der Waals surface area contributed by atoms with Gasteiger partial charge < -0.3 is 4.74 Å². The molecule has 1 aliphatic heterocycles. The molecule has 28 heavy (non-hydrogen) atoms. The lowest BCUT2D eigenvalue weighted by atomic mass is 9.45. The van der Waals surface area contributed by atoms with E-state index in [-0.39, 0.29) is 22.4 Å². The van der Waals surface area contributed by atoms with E-state index in [2.05, 4.69) is 33.8 Å². The summed E-state index contributed by atoms with van der Waals surface area (Å²) in [4.78, 5) is 24.4. The van der Waals surface area contributed by atoms with Crippen molar-refractivity contribution in [1.29, 1.82) is 0 Å². The van der Waals surface area contributed by atoms with Gasteiger partial charge in [0.15, 0.2) is 5.78 Å². The highest BCUT2D eigenvalue weighted by atomic mass is 16.6. The predicted octanol–water partition coefficient (Wildman–Crippen LogP) is 4.94. The van der Waals surface area contributed by atoms with Gasteiger partial charge in [0.25, 0.3) is 0 Å². The fourth-order valence-corrected chi connectivity index (χ4v) is 9.66. The first kappa shape index (κ1) is 17.7. The molecule has 1 spiro atoms. The van der Waals surface area contributed by atoms with Crippen LogP contribution in [-0.4, -0.2) is 17.4 Å². The number of ketones is 1. The summed E-state index contributed by atoms with van der Waals surface area (Å²) in [5.41, 5.74) is 1.62. The minimum Gasteiger partial charge on any atom is -0.458 e. The van der Waals surface area contributed by atoms with Crippen LogP contribution in [0.1, 0.15) is 72.6 Å². The summed E-state index contributed by atoms with van der Waals surface area (Å²) in [7, 11) is 0. The van der Waals surface area contributed by atoms with Crippen LogP contribution in [0.5, 0.6) is 0 Å². The van der Waals surface area contributed by atoms with Crippen molar-refractivity contribution in [2.75, 3.05) is 0 Å². The first-order valence-corrected chi connectivity index (χ1v) is 11.7. The zero-order chi connectivity index (χ0) is 19.6. The van der Waals surface area contributed by atoms with Crippen LogP contribution in [0.2, 0.25) is 0 Å². The second-order valence-electron chi connectivity index (χ2n) is 11.7. The lowest BCUT2D eigenvalue weighted by Gasteiger charge is -2.59. The van der Waals surface area contributed by atoms with Gasteiger partial charge >= 0.3 is 5.97 Å². The predicted molar refractivity (Wildman–Crippen MR) is 106 cm³/mol. The zero-order valence-electron chi connectivity index (χ0n) is 17.8. The second-order valence-corrected chi connectivity index (χ2v) is 11.7. The molecule has 3 heteroatoms. The van der Waals surface area contributed by atoms with Crippen molar-refractivity contribution >= 4 is 11.8 Å². The lowest BCUT2D eigenvalue weighted by Crippen LogP contribution is -2.56. The van der Waals surface area contributed by atoms with Gasteiger partial charge in [-0.1, -0.05) is 33.3 Å². The summed E-state index contributed by atoms with van der Waals surface area (Å²) < 4.78 is 6.24. The molecule has 0 bridgehead atoms. The van der Waals surface area contributed by atoms with E-state index in [4.69, 9.17) is 4.74 Å². The molecule has 0 radical (unpaired) electrons. The normalized spacial score (nSPS) is 59.1. The number of esters is 1. The molecule has 5 aliphatic carbocycles. The van der Waals surface area contributed by atoms with Crippen LogP contribution < -0.4 is 0 Å². The summed E-state index contributed by atoms with van der Waals surface area (Å²) in [5.74, 6) is 4.96. The fourth-order valence-electron chi connectivity index (χ4n) is 9.66. The Morgan fingerprint density at radius 3 is 2.57 bits per heavy atom. The SMILES string of the molecule is C[C@H]1C2C3C4C[C@H]4C4=CC(=O)CC[C@]4(C)C3CC[C@]2(C)[C@]2(CCC(=O)O2)[C@H]1C. The van der Waals surface area contributed by atoms with Gasteiger partial charge in [-0.3, -0.25) is 9.59 Å². The maximum absolute atomic E-state index is 12.2. The molecular formula is C25H34O3. The summed E-state index contributed by atoms with van der Waals surface area (Å²) in [5, 5.41) is 0. The number of hydrogen-bond donors (Lipinski definition) is 0. The smallest absolute Gasteiger partial charge is 0.306 e. The van der Waals surface area contributed by atoms with Crippen LogP contribution in [0.25, 0.3) is 0 Å². The van der Waals surface area contributed by atoms with Crippen LogP contribution in [0.3, 0.4) is 0 Å². The van der Waals surface area contributed by atoms with Gasteiger partial charge in [-0.15, -0.1) is 0 Å².